The van der Waals surface area contributed by atoms with E-state index in [-0.39, 0.29) is 17.9 Å². The highest BCUT2D eigenvalue weighted by molar-refractivity contribution is 7.98. The molecule has 0 radical (unpaired) electrons. The quantitative estimate of drug-likeness (QED) is 0.558. The zero-order valence-corrected chi connectivity index (χ0v) is 18.5. The van der Waals surface area contributed by atoms with E-state index in [1.54, 1.807) is 11.8 Å². The van der Waals surface area contributed by atoms with Crippen molar-refractivity contribution in [1.82, 2.24) is 20.1 Å². The second-order valence-corrected chi connectivity index (χ2v) is 8.55. The minimum atomic E-state index is -0.244. The van der Waals surface area contributed by atoms with Crippen molar-refractivity contribution < 1.29 is 4.79 Å². The van der Waals surface area contributed by atoms with Crippen LogP contribution in [0.15, 0.2) is 53.7 Å². The van der Waals surface area contributed by atoms with Gasteiger partial charge in [0.25, 0.3) is 0 Å². The summed E-state index contributed by atoms with van der Waals surface area (Å²) in [6.45, 7) is 9.91. The molecule has 5 nitrogen and oxygen atoms in total. The number of thioether (sulfide) groups is 1. The number of carbonyl (C=O) groups is 1. The first-order valence-corrected chi connectivity index (χ1v) is 10.9. The summed E-state index contributed by atoms with van der Waals surface area (Å²) in [6.07, 6.45) is 0. The van der Waals surface area contributed by atoms with E-state index in [1.165, 1.54) is 16.7 Å². The molecule has 2 aromatic carbocycles. The Morgan fingerprint density at radius 2 is 1.72 bits per heavy atom. The molecule has 1 amide bonds. The van der Waals surface area contributed by atoms with Gasteiger partial charge in [0.2, 0.25) is 5.91 Å². The van der Waals surface area contributed by atoms with E-state index < -0.39 is 0 Å². The third-order valence-corrected chi connectivity index (χ3v) is 5.82. The van der Waals surface area contributed by atoms with E-state index in [0.29, 0.717) is 0 Å². The summed E-state index contributed by atoms with van der Waals surface area (Å²) < 4.78 is 2.05. The monoisotopic (exact) mass is 408 g/mol. The average molecular weight is 409 g/mol. The molecule has 0 bridgehead atoms. The standard InChI is InChI=1S/C23H28N4OS/c1-15(2)22(28)24-18(5)21-25-26-23(27(21)20-12-10-16(3)11-13-20)29-14-19-9-7-6-8-17(19)4/h6-13,15,18H,14H2,1-5H3,(H,24,28)/t18-/m1/s1. The largest absolute Gasteiger partial charge is 0.346 e. The number of carbonyl (C=O) groups excluding carboxylic acids is 1. The summed E-state index contributed by atoms with van der Waals surface area (Å²) in [5.41, 5.74) is 4.73. The van der Waals surface area contributed by atoms with Gasteiger partial charge in [-0.1, -0.05) is 67.6 Å². The number of nitrogens with zero attached hydrogens (tertiary/aromatic N) is 3. The molecule has 0 aliphatic rings. The van der Waals surface area contributed by atoms with Gasteiger partial charge < -0.3 is 5.32 Å². The predicted octanol–water partition coefficient (Wildman–Crippen LogP) is 5.01. The van der Waals surface area contributed by atoms with E-state index >= 15 is 0 Å². The zero-order chi connectivity index (χ0) is 21.0. The van der Waals surface area contributed by atoms with Crippen molar-refractivity contribution in [2.24, 2.45) is 5.92 Å². The summed E-state index contributed by atoms with van der Waals surface area (Å²) in [4.78, 5) is 12.2. The van der Waals surface area contributed by atoms with Gasteiger partial charge in [-0.25, -0.2) is 0 Å². The predicted molar refractivity (Wildman–Crippen MR) is 118 cm³/mol. The maximum atomic E-state index is 12.2. The SMILES string of the molecule is Cc1ccc(-n2c(SCc3ccccc3C)nnc2[C@@H](C)NC(=O)C(C)C)cc1. The molecule has 3 aromatic rings. The van der Waals surface area contributed by atoms with Gasteiger partial charge in [-0.15, -0.1) is 10.2 Å². The number of nitrogens with one attached hydrogen (secondary N) is 1. The van der Waals surface area contributed by atoms with Gasteiger partial charge in [0.1, 0.15) is 0 Å². The van der Waals surface area contributed by atoms with Crippen molar-refractivity contribution in [3.05, 3.63) is 71.0 Å². The van der Waals surface area contributed by atoms with Crippen molar-refractivity contribution in [2.75, 3.05) is 0 Å². The lowest BCUT2D eigenvalue weighted by Gasteiger charge is -2.17. The fourth-order valence-electron chi connectivity index (χ4n) is 2.95. The maximum Gasteiger partial charge on any atom is 0.223 e. The lowest BCUT2D eigenvalue weighted by atomic mass is 10.1. The Balaban J connectivity index is 1.93. The van der Waals surface area contributed by atoms with Crippen molar-refractivity contribution in [3.8, 4) is 5.69 Å². The molecule has 1 N–H and O–H groups in total. The van der Waals surface area contributed by atoms with Crippen LogP contribution in [0.1, 0.15) is 49.3 Å². The van der Waals surface area contributed by atoms with Crippen LogP contribution in [-0.2, 0) is 10.5 Å². The number of rotatable bonds is 7. The van der Waals surface area contributed by atoms with Crippen LogP contribution in [-0.4, -0.2) is 20.7 Å². The number of hydrogen-bond donors (Lipinski definition) is 1. The number of amides is 1. The number of benzene rings is 2. The minimum absolute atomic E-state index is 0.00469. The van der Waals surface area contributed by atoms with Crippen molar-refractivity contribution >= 4 is 17.7 Å². The van der Waals surface area contributed by atoms with Gasteiger partial charge in [0.05, 0.1) is 6.04 Å². The van der Waals surface area contributed by atoms with Crippen LogP contribution < -0.4 is 5.32 Å². The van der Waals surface area contributed by atoms with Crippen LogP contribution in [0.2, 0.25) is 0 Å². The first-order chi connectivity index (χ1) is 13.9. The van der Waals surface area contributed by atoms with E-state index in [0.717, 1.165) is 22.4 Å². The van der Waals surface area contributed by atoms with E-state index in [1.807, 2.05) is 25.3 Å². The average Bonchev–Trinajstić information content (AvgIpc) is 3.12. The maximum absolute atomic E-state index is 12.2. The fourth-order valence-corrected chi connectivity index (χ4v) is 3.99. The Kier molecular flexibility index (Phi) is 6.75. The fraction of sp³-hybridized carbons (Fsp3) is 0.348. The van der Waals surface area contributed by atoms with Crippen molar-refractivity contribution in [2.45, 2.75) is 51.6 Å². The summed E-state index contributed by atoms with van der Waals surface area (Å²) in [6, 6.07) is 16.4. The molecule has 0 fully saturated rings. The third-order valence-electron chi connectivity index (χ3n) is 4.84. The summed E-state index contributed by atoms with van der Waals surface area (Å²) >= 11 is 1.65. The highest BCUT2D eigenvalue weighted by Crippen LogP contribution is 2.28. The highest BCUT2D eigenvalue weighted by atomic mass is 32.2. The number of hydrogen-bond acceptors (Lipinski definition) is 4. The summed E-state index contributed by atoms with van der Waals surface area (Å²) in [5, 5.41) is 12.8. The van der Waals surface area contributed by atoms with Gasteiger partial charge in [-0.3, -0.25) is 9.36 Å². The zero-order valence-electron chi connectivity index (χ0n) is 17.6. The second-order valence-electron chi connectivity index (χ2n) is 7.61. The van der Waals surface area contributed by atoms with E-state index in [4.69, 9.17) is 0 Å². The summed E-state index contributed by atoms with van der Waals surface area (Å²) in [7, 11) is 0. The topological polar surface area (TPSA) is 59.8 Å². The van der Waals surface area contributed by atoms with E-state index in [9.17, 15) is 4.79 Å². The van der Waals surface area contributed by atoms with E-state index in [2.05, 4.69) is 77.9 Å². The molecule has 0 aliphatic carbocycles. The van der Waals surface area contributed by atoms with Crippen LogP contribution >= 0.6 is 11.8 Å². The molecule has 1 aromatic heterocycles. The lowest BCUT2D eigenvalue weighted by Crippen LogP contribution is -2.31. The molecule has 0 unspecified atom stereocenters. The smallest absolute Gasteiger partial charge is 0.223 e. The molecule has 0 aliphatic heterocycles. The summed E-state index contributed by atoms with van der Waals surface area (Å²) in [5.74, 6) is 1.46. The number of aryl methyl sites for hydroxylation is 2. The molecule has 0 saturated carbocycles. The molecule has 152 valence electrons. The lowest BCUT2D eigenvalue weighted by molar-refractivity contribution is -0.124. The van der Waals surface area contributed by atoms with Crippen molar-refractivity contribution in [3.63, 3.8) is 0 Å². The van der Waals surface area contributed by atoms with Gasteiger partial charge in [-0.2, -0.15) is 0 Å². The first-order valence-electron chi connectivity index (χ1n) is 9.87. The van der Waals surface area contributed by atoms with Gasteiger partial charge >= 0.3 is 0 Å². The molecular weight excluding hydrogens is 380 g/mol. The van der Waals surface area contributed by atoms with Gasteiger partial charge in [0, 0.05) is 17.4 Å². The molecule has 29 heavy (non-hydrogen) atoms. The Morgan fingerprint density at radius 3 is 2.38 bits per heavy atom. The molecule has 0 spiro atoms. The molecule has 0 saturated heterocycles. The highest BCUT2D eigenvalue weighted by Gasteiger charge is 2.22. The van der Waals surface area contributed by atoms with Crippen molar-refractivity contribution in [1.29, 1.82) is 0 Å². The van der Waals surface area contributed by atoms with Gasteiger partial charge in [-0.05, 0) is 44.0 Å². The van der Waals surface area contributed by atoms with Crippen LogP contribution in [0.3, 0.4) is 0 Å². The molecule has 1 heterocycles. The Labute approximate surface area is 176 Å². The third kappa shape index (κ3) is 5.07. The first kappa shape index (κ1) is 21.1. The second kappa shape index (κ2) is 9.27. The molecule has 6 heteroatoms. The van der Waals surface area contributed by atoms with Crippen LogP contribution in [0, 0.1) is 19.8 Å². The van der Waals surface area contributed by atoms with Crippen LogP contribution in [0.4, 0.5) is 0 Å². The molecule has 3 rings (SSSR count). The van der Waals surface area contributed by atoms with Gasteiger partial charge in [0.15, 0.2) is 11.0 Å². The Morgan fingerprint density at radius 1 is 1.03 bits per heavy atom. The molecule has 1 atom stereocenters. The van der Waals surface area contributed by atoms with Crippen LogP contribution in [0.25, 0.3) is 5.69 Å². The number of aromatic nitrogens is 3. The molecular formula is C23H28N4OS. The normalized spacial score (nSPS) is 12.2. The van der Waals surface area contributed by atoms with Crippen LogP contribution in [0.5, 0.6) is 0 Å². The minimum Gasteiger partial charge on any atom is -0.346 e. The Bertz CT molecular complexity index is 979. The Hall–Kier alpha value is -2.60.